The summed E-state index contributed by atoms with van der Waals surface area (Å²) >= 11 is 0. The van der Waals surface area contributed by atoms with E-state index in [1.54, 1.807) is 0 Å². The molecule has 0 aromatic carbocycles. The van der Waals surface area contributed by atoms with E-state index in [1.165, 1.54) is 0 Å². The summed E-state index contributed by atoms with van der Waals surface area (Å²) in [6.45, 7) is 5.86. The summed E-state index contributed by atoms with van der Waals surface area (Å²) in [5.74, 6) is 0.798. The molecular formula is C14H19N5O. The minimum atomic E-state index is 0.213. The summed E-state index contributed by atoms with van der Waals surface area (Å²) < 4.78 is 0. The average Bonchev–Trinajstić information content (AvgIpc) is 2.84. The molecule has 0 spiro atoms. The van der Waals surface area contributed by atoms with Gasteiger partial charge in [0.15, 0.2) is 5.82 Å². The fraction of sp³-hybridized carbons (Fsp3) is 0.571. The van der Waals surface area contributed by atoms with Gasteiger partial charge in [-0.25, -0.2) is 0 Å². The number of amides is 1. The third kappa shape index (κ3) is 2.72. The van der Waals surface area contributed by atoms with Gasteiger partial charge in [-0.05, 0) is 25.8 Å². The molecule has 2 heterocycles. The number of aryl methyl sites for hydroxylation is 1. The molecule has 1 aliphatic rings. The Labute approximate surface area is 119 Å². The normalized spacial score (nSPS) is 14.5. The smallest absolute Gasteiger partial charge is 0.222 e. The Morgan fingerprint density at radius 1 is 1.40 bits per heavy atom. The summed E-state index contributed by atoms with van der Waals surface area (Å²) in [5, 5.41) is 17.5. The van der Waals surface area contributed by atoms with Gasteiger partial charge in [-0.3, -0.25) is 4.79 Å². The first-order valence-corrected chi connectivity index (χ1v) is 6.77. The van der Waals surface area contributed by atoms with Crippen LogP contribution in [0.4, 0.5) is 5.82 Å². The van der Waals surface area contributed by atoms with E-state index in [9.17, 15) is 10.1 Å². The number of hydrogen-bond donors (Lipinski definition) is 0. The molecule has 2 rings (SSSR count). The third-order valence-electron chi connectivity index (χ3n) is 3.79. The second kappa shape index (κ2) is 5.87. The van der Waals surface area contributed by atoms with Crippen molar-refractivity contribution in [3.8, 4) is 6.07 Å². The molecule has 1 saturated heterocycles. The van der Waals surface area contributed by atoms with Crippen molar-refractivity contribution in [2.75, 3.05) is 31.6 Å². The van der Waals surface area contributed by atoms with Gasteiger partial charge >= 0.3 is 0 Å². The lowest BCUT2D eigenvalue weighted by Gasteiger charge is -2.23. The van der Waals surface area contributed by atoms with Gasteiger partial charge in [-0.15, -0.1) is 5.10 Å². The number of aromatic nitrogens is 2. The maximum Gasteiger partial charge on any atom is 0.222 e. The van der Waals surface area contributed by atoms with Crippen LogP contribution in [0.15, 0.2) is 0 Å². The number of rotatable bonds is 4. The lowest BCUT2D eigenvalue weighted by molar-refractivity contribution is -0.127. The molecule has 1 amide bonds. The highest BCUT2D eigenvalue weighted by molar-refractivity contribution is 5.78. The Hall–Kier alpha value is -2.16. The van der Waals surface area contributed by atoms with Crippen molar-refractivity contribution in [2.24, 2.45) is 0 Å². The number of carbonyl (C=O) groups is 1. The molecule has 0 atom stereocenters. The number of hydrogen-bond acceptors (Lipinski definition) is 5. The summed E-state index contributed by atoms with van der Waals surface area (Å²) in [7, 11) is 1.88. The van der Waals surface area contributed by atoms with Crippen LogP contribution in [0, 0.1) is 25.2 Å². The summed E-state index contributed by atoms with van der Waals surface area (Å²) in [6.07, 6.45) is 1.59. The van der Waals surface area contributed by atoms with E-state index in [1.807, 2.05) is 30.7 Å². The molecule has 1 aromatic rings. The number of carbonyl (C=O) groups excluding carboxylic acids is 1. The minimum absolute atomic E-state index is 0.213. The van der Waals surface area contributed by atoms with Gasteiger partial charge < -0.3 is 9.80 Å². The van der Waals surface area contributed by atoms with Crippen molar-refractivity contribution in [3.63, 3.8) is 0 Å². The summed E-state index contributed by atoms with van der Waals surface area (Å²) in [4.78, 5) is 15.3. The first-order valence-electron chi connectivity index (χ1n) is 6.77. The van der Waals surface area contributed by atoms with Crippen molar-refractivity contribution in [1.29, 1.82) is 5.26 Å². The van der Waals surface area contributed by atoms with E-state index < -0.39 is 0 Å². The van der Waals surface area contributed by atoms with Gasteiger partial charge in [0.05, 0.1) is 5.69 Å². The topological polar surface area (TPSA) is 73.1 Å². The predicted octanol–water partition coefficient (Wildman–Crippen LogP) is 1.02. The van der Waals surface area contributed by atoms with Gasteiger partial charge in [-0.2, -0.15) is 10.4 Å². The lowest BCUT2D eigenvalue weighted by atomic mass is 10.1. The molecule has 0 radical (unpaired) electrons. The Balaban J connectivity index is 2.09. The van der Waals surface area contributed by atoms with Crippen LogP contribution in [0.1, 0.15) is 29.7 Å². The van der Waals surface area contributed by atoms with Gasteiger partial charge in [-0.1, -0.05) is 0 Å². The van der Waals surface area contributed by atoms with Gasteiger partial charge in [0.25, 0.3) is 0 Å². The lowest BCUT2D eigenvalue weighted by Crippen LogP contribution is -2.34. The molecule has 1 fully saturated rings. The Morgan fingerprint density at radius 2 is 2.15 bits per heavy atom. The van der Waals surface area contributed by atoms with E-state index in [0.717, 1.165) is 24.2 Å². The second-order valence-electron chi connectivity index (χ2n) is 5.13. The van der Waals surface area contributed by atoms with Crippen LogP contribution in [0.3, 0.4) is 0 Å². The number of nitrogens with zero attached hydrogens (tertiary/aromatic N) is 5. The molecule has 106 valence electrons. The number of likely N-dealkylation sites (N-methyl/N-ethyl adjacent to an activating group) is 1. The maximum absolute atomic E-state index is 11.6. The molecule has 6 nitrogen and oxygen atoms in total. The van der Waals surface area contributed by atoms with Crippen LogP contribution in [0.25, 0.3) is 0 Å². The first kappa shape index (κ1) is 14.3. The SMILES string of the molecule is Cc1nnc(N(C)CCN2CCCC2=O)c(C#N)c1C. The zero-order valence-corrected chi connectivity index (χ0v) is 12.2. The van der Waals surface area contributed by atoms with Gasteiger partial charge in [0.1, 0.15) is 11.6 Å². The fourth-order valence-corrected chi connectivity index (χ4v) is 2.31. The molecule has 0 N–H and O–H groups in total. The highest BCUT2D eigenvalue weighted by Gasteiger charge is 2.21. The largest absolute Gasteiger partial charge is 0.355 e. The predicted molar refractivity (Wildman–Crippen MR) is 75.3 cm³/mol. The van der Waals surface area contributed by atoms with Crippen molar-refractivity contribution in [2.45, 2.75) is 26.7 Å². The van der Waals surface area contributed by atoms with Crippen LogP contribution in [-0.4, -0.2) is 47.7 Å². The molecule has 6 heteroatoms. The van der Waals surface area contributed by atoms with Crippen molar-refractivity contribution in [3.05, 3.63) is 16.8 Å². The van der Waals surface area contributed by atoms with Crippen LogP contribution in [-0.2, 0) is 4.79 Å². The average molecular weight is 273 g/mol. The highest BCUT2D eigenvalue weighted by Crippen LogP contribution is 2.20. The van der Waals surface area contributed by atoms with E-state index in [-0.39, 0.29) is 5.91 Å². The maximum atomic E-state index is 11.6. The molecule has 20 heavy (non-hydrogen) atoms. The zero-order chi connectivity index (χ0) is 14.7. The van der Waals surface area contributed by atoms with Crippen molar-refractivity contribution in [1.82, 2.24) is 15.1 Å². The van der Waals surface area contributed by atoms with Crippen LogP contribution in [0.2, 0.25) is 0 Å². The quantitative estimate of drug-likeness (QED) is 0.819. The highest BCUT2D eigenvalue weighted by atomic mass is 16.2. The standard InChI is InChI=1S/C14H19N5O/c1-10-11(2)16-17-14(12(10)9-15)18(3)7-8-19-6-4-5-13(19)20/h4-8H2,1-3H3. The molecule has 1 aromatic heterocycles. The number of likely N-dealkylation sites (tertiary alicyclic amines) is 1. The van der Waals surface area contributed by atoms with Gasteiger partial charge in [0.2, 0.25) is 5.91 Å². The van der Waals surface area contributed by atoms with E-state index in [4.69, 9.17) is 0 Å². The fourth-order valence-electron chi connectivity index (χ4n) is 2.31. The summed E-state index contributed by atoms with van der Waals surface area (Å²) in [5.41, 5.74) is 2.20. The zero-order valence-electron chi connectivity index (χ0n) is 12.2. The second-order valence-corrected chi connectivity index (χ2v) is 5.13. The first-order chi connectivity index (χ1) is 9.54. The number of nitriles is 1. The van der Waals surface area contributed by atoms with E-state index in [2.05, 4.69) is 16.3 Å². The Bertz CT molecular complexity index is 563. The van der Waals surface area contributed by atoms with E-state index in [0.29, 0.717) is 30.9 Å². The molecule has 0 bridgehead atoms. The van der Waals surface area contributed by atoms with Gasteiger partial charge in [0, 0.05) is 33.1 Å². The molecule has 0 unspecified atom stereocenters. The van der Waals surface area contributed by atoms with Crippen LogP contribution >= 0.6 is 0 Å². The molecular weight excluding hydrogens is 254 g/mol. The summed E-state index contributed by atoms with van der Waals surface area (Å²) in [6, 6.07) is 2.20. The monoisotopic (exact) mass is 273 g/mol. The number of anilines is 1. The Morgan fingerprint density at radius 3 is 2.75 bits per heavy atom. The molecule has 1 aliphatic heterocycles. The molecule has 0 saturated carbocycles. The van der Waals surface area contributed by atoms with Crippen molar-refractivity contribution >= 4 is 11.7 Å². The van der Waals surface area contributed by atoms with Crippen molar-refractivity contribution < 1.29 is 4.79 Å². The minimum Gasteiger partial charge on any atom is -0.355 e. The molecule has 0 aliphatic carbocycles. The Kier molecular flexibility index (Phi) is 4.18. The van der Waals surface area contributed by atoms with Crippen LogP contribution < -0.4 is 4.90 Å². The van der Waals surface area contributed by atoms with E-state index >= 15 is 0 Å². The third-order valence-corrected chi connectivity index (χ3v) is 3.79. The van der Waals surface area contributed by atoms with Crippen LogP contribution in [0.5, 0.6) is 0 Å².